The van der Waals surface area contributed by atoms with Crippen LogP contribution in [0.2, 0.25) is 0 Å². The molecular formula is C4H7NO2. The Kier molecular flexibility index (Phi) is 0.785. The van der Waals surface area contributed by atoms with Crippen LogP contribution in [-0.2, 0) is 4.79 Å². The Morgan fingerprint density at radius 3 is 2.29 bits per heavy atom. The first-order chi connectivity index (χ1) is 3.22. The molecule has 0 aromatic carbocycles. The third-order valence-electron chi connectivity index (χ3n) is 1.10. The van der Waals surface area contributed by atoms with Gasteiger partial charge in [0.2, 0.25) is 0 Å². The summed E-state index contributed by atoms with van der Waals surface area (Å²) in [5, 5.41) is 10.9. The van der Waals surface area contributed by atoms with Crippen molar-refractivity contribution in [3.8, 4) is 0 Å². The van der Waals surface area contributed by atoms with Crippen LogP contribution in [0.4, 0.5) is 0 Å². The number of carbonyl (C=O) groups is 1. The number of aliphatic carboxylic acids is 1. The molecule has 0 aromatic rings. The predicted octanol–water partition coefficient (Wildman–Crippen LogP) is -0.569. The Hall–Kier alpha value is -0.570. The molecule has 0 amide bonds. The standard InChI is InChI=1S/C4H7NO2/c1-2-3(5-2)4(6)7/h2-3,5H,1H3,(H,6,7)/t2?,3-/m0/s1. The summed E-state index contributed by atoms with van der Waals surface area (Å²) in [6.45, 7) is 1.85. The highest BCUT2D eigenvalue weighted by Crippen LogP contribution is 2.07. The van der Waals surface area contributed by atoms with Crippen LogP contribution in [-0.4, -0.2) is 23.2 Å². The lowest BCUT2D eigenvalue weighted by Crippen LogP contribution is -2.07. The van der Waals surface area contributed by atoms with E-state index in [4.69, 9.17) is 5.11 Å². The van der Waals surface area contributed by atoms with Gasteiger partial charge in [0.05, 0.1) is 0 Å². The Labute approximate surface area is 41.3 Å². The quantitative estimate of drug-likeness (QED) is 0.435. The number of carboxylic acids is 1. The molecule has 40 valence electrons. The zero-order valence-corrected chi connectivity index (χ0v) is 4.01. The molecule has 2 N–H and O–H groups in total. The number of hydrogen-bond acceptors (Lipinski definition) is 2. The van der Waals surface area contributed by atoms with Crippen LogP contribution in [0.15, 0.2) is 0 Å². The van der Waals surface area contributed by atoms with Crippen LogP contribution in [0.5, 0.6) is 0 Å². The van der Waals surface area contributed by atoms with E-state index in [-0.39, 0.29) is 12.1 Å². The van der Waals surface area contributed by atoms with Gasteiger partial charge in [0, 0.05) is 6.04 Å². The molecule has 1 fully saturated rings. The molecule has 1 unspecified atom stereocenters. The Morgan fingerprint density at radius 1 is 1.86 bits per heavy atom. The van der Waals surface area contributed by atoms with E-state index in [9.17, 15) is 4.79 Å². The summed E-state index contributed by atoms with van der Waals surface area (Å²) in [5.41, 5.74) is 0. The Bertz CT molecular complexity index is 102. The van der Waals surface area contributed by atoms with Gasteiger partial charge in [-0.3, -0.25) is 10.1 Å². The van der Waals surface area contributed by atoms with Crippen LogP contribution in [0, 0.1) is 0 Å². The van der Waals surface area contributed by atoms with E-state index in [1.807, 2.05) is 6.92 Å². The Morgan fingerprint density at radius 2 is 2.29 bits per heavy atom. The van der Waals surface area contributed by atoms with Crippen molar-refractivity contribution in [3.63, 3.8) is 0 Å². The number of carboxylic acid groups (broad SMARTS) is 1. The summed E-state index contributed by atoms with van der Waals surface area (Å²) >= 11 is 0. The van der Waals surface area contributed by atoms with Gasteiger partial charge in [-0.2, -0.15) is 0 Å². The first-order valence-electron chi connectivity index (χ1n) is 2.20. The lowest BCUT2D eigenvalue weighted by Gasteiger charge is -1.77. The van der Waals surface area contributed by atoms with Gasteiger partial charge in [0.1, 0.15) is 6.04 Å². The molecule has 3 heteroatoms. The van der Waals surface area contributed by atoms with E-state index in [2.05, 4.69) is 5.32 Å². The molecule has 1 aliphatic heterocycles. The van der Waals surface area contributed by atoms with Crippen molar-refractivity contribution in [1.29, 1.82) is 0 Å². The molecule has 0 aliphatic carbocycles. The van der Waals surface area contributed by atoms with Gasteiger partial charge in [-0.15, -0.1) is 0 Å². The van der Waals surface area contributed by atoms with Crippen LogP contribution < -0.4 is 5.32 Å². The zero-order chi connectivity index (χ0) is 5.44. The van der Waals surface area contributed by atoms with Gasteiger partial charge in [-0.25, -0.2) is 0 Å². The highest BCUT2D eigenvalue weighted by atomic mass is 16.4. The summed E-state index contributed by atoms with van der Waals surface area (Å²) in [6, 6.07) is -0.0718. The van der Waals surface area contributed by atoms with Gasteiger partial charge >= 0.3 is 5.97 Å². The summed E-state index contributed by atoms with van der Waals surface area (Å²) in [6.07, 6.45) is 0. The topological polar surface area (TPSA) is 59.2 Å². The molecule has 0 radical (unpaired) electrons. The molecule has 0 spiro atoms. The van der Waals surface area contributed by atoms with Crippen LogP contribution in [0.25, 0.3) is 0 Å². The summed E-state index contributed by atoms with van der Waals surface area (Å²) < 4.78 is 0. The molecule has 3 nitrogen and oxygen atoms in total. The second kappa shape index (κ2) is 1.20. The van der Waals surface area contributed by atoms with Gasteiger partial charge < -0.3 is 5.11 Å². The van der Waals surface area contributed by atoms with Gasteiger partial charge in [-0.1, -0.05) is 0 Å². The predicted molar refractivity (Wildman–Crippen MR) is 24.0 cm³/mol. The number of nitrogens with one attached hydrogen (secondary N) is 1. The van der Waals surface area contributed by atoms with Gasteiger partial charge in [-0.05, 0) is 6.92 Å². The van der Waals surface area contributed by atoms with Gasteiger partial charge in [0.25, 0.3) is 0 Å². The summed E-state index contributed by atoms with van der Waals surface area (Å²) in [5.74, 6) is -0.743. The third-order valence-corrected chi connectivity index (χ3v) is 1.10. The highest BCUT2D eigenvalue weighted by Gasteiger charge is 2.38. The van der Waals surface area contributed by atoms with Crippen LogP contribution >= 0.6 is 0 Å². The molecule has 1 rings (SSSR count). The molecule has 2 atom stereocenters. The highest BCUT2D eigenvalue weighted by molar-refractivity contribution is 5.77. The normalized spacial score (nSPS) is 37.9. The molecular weight excluding hydrogens is 94.0 g/mol. The van der Waals surface area contributed by atoms with E-state index in [0.717, 1.165) is 0 Å². The lowest BCUT2D eigenvalue weighted by molar-refractivity contribution is -0.136. The van der Waals surface area contributed by atoms with E-state index < -0.39 is 5.97 Å². The SMILES string of the molecule is CC1N[C@@H]1C(=O)O. The van der Waals surface area contributed by atoms with Crippen molar-refractivity contribution < 1.29 is 9.90 Å². The van der Waals surface area contributed by atoms with E-state index >= 15 is 0 Å². The molecule has 7 heavy (non-hydrogen) atoms. The van der Waals surface area contributed by atoms with E-state index in [0.29, 0.717) is 0 Å². The van der Waals surface area contributed by atoms with Gasteiger partial charge in [0.15, 0.2) is 0 Å². The minimum atomic E-state index is -0.743. The van der Waals surface area contributed by atoms with E-state index in [1.165, 1.54) is 0 Å². The molecule has 1 aliphatic rings. The van der Waals surface area contributed by atoms with Crippen molar-refractivity contribution in [3.05, 3.63) is 0 Å². The maximum Gasteiger partial charge on any atom is 0.322 e. The first-order valence-corrected chi connectivity index (χ1v) is 2.20. The zero-order valence-electron chi connectivity index (χ0n) is 4.01. The maximum absolute atomic E-state index is 9.91. The molecule has 0 bridgehead atoms. The van der Waals surface area contributed by atoms with E-state index in [1.54, 1.807) is 0 Å². The Balaban J connectivity index is 2.33. The number of hydrogen-bond donors (Lipinski definition) is 2. The number of rotatable bonds is 1. The first kappa shape index (κ1) is 4.59. The molecule has 0 saturated carbocycles. The average molecular weight is 101 g/mol. The van der Waals surface area contributed by atoms with Crippen molar-refractivity contribution >= 4 is 5.97 Å². The van der Waals surface area contributed by atoms with Crippen molar-refractivity contribution in [2.45, 2.75) is 19.0 Å². The smallest absolute Gasteiger partial charge is 0.322 e. The lowest BCUT2D eigenvalue weighted by atomic mass is 10.4. The third kappa shape index (κ3) is 0.718. The monoisotopic (exact) mass is 101 g/mol. The minimum Gasteiger partial charge on any atom is -0.480 e. The maximum atomic E-state index is 9.91. The largest absolute Gasteiger partial charge is 0.480 e. The minimum absolute atomic E-state index is 0.192. The van der Waals surface area contributed by atoms with Crippen molar-refractivity contribution in [1.82, 2.24) is 5.32 Å². The van der Waals surface area contributed by atoms with Crippen molar-refractivity contribution in [2.75, 3.05) is 0 Å². The fourth-order valence-electron chi connectivity index (χ4n) is 0.513. The second-order valence-electron chi connectivity index (χ2n) is 1.77. The van der Waals surface area contributed by atoms with Crippen LogP contribution in [0.1, 0.15) is 6.92 Å². The molecule has 0 aromatic heterocycles. The van der Waals surface area contributed by atoms with Crippen molar-refractivity contribution in [2.24, 2.45) is 0 Å². The molecule has 1 saturated heterocycles. The molecule has 1 heterocycles. The fraction of sp³-hybridized carbons (Fsp3) is 0.750. The summed E-state index contributed by atoms with van der Waals surface area (Å²) in [7, 11) is 0. The van der Waals surface area contributed by atoms with Crippen LogP contribution in [0.3, 0.4) is 0 Å². The average Bonchev–Trinajstić information content (AvgIpc) is 2.17. The second-order valence-corrected chi connectivity index (χ2v) is 1.77. The summed E-state index contributed by atoms with van der Waals surface area (Å²) in [4.78, 5) is 9.91. The fourth-order valence-corrected chi connectivity index (χ4v) is 0.513.